The van der Waals surface area contributed by atoms with Crippen molar-refractivity contribution in [2.75, 3.05) is 25.6 Å². The number of benzene rings is 2. The van der Waals surface area contributed by atoms with Gasteiger partial charge in [0, 0.05) is 6.08 Å². The first-order valence-electron chi connectivity index (χ1n) is 8.32. The molecular formula is C19H19N2O8+. The van der Waals surface area contributed by atoms with Gasteiger partial charge in [-0.05, 0) is 35.9 Å². The summed E-state index contributed by atoms with van der Waals surface area (Å²) in [6.45, 7) is -0.168. The lowest BCUT2D eigenvalue weighted by molar-refractivity contribution is -0.975. The van der Waals surface area contributed by atoms with E-state index in [1.54, 1.807) is 30.3 Å². The number of ether oxygens (including phenoxy) is 2. The van der Waals surface area contributed by atoms with E-state index in [1.165, 1.54) is 31.4 Å². The van der Waals surface area contributed by atoms with Gasteiger partial charge >= 0.3 is 11.1 Å². The molecule has 0 bridgehead atoms. The van der Waals surface area contributed by atoms with Crippen molar-refractivity contribution in [3.8, 4) is 11.5 Å². The van der Waals surface area contributed by atoms with Crippen molar-refractivity contribution in [2.45, 2.75) is 0 Å². The Bertz CT molecular complexity index is 926. The molecule has 2 aromatic carbocycles. The summed E-state index contributed by atoms with van der Waals surface area (Å²) in [5.74, 6) is -0.880. The second-order valence-electron chi connectivity index (χ2n) is 5.50. The van der Waals surface area contributed by atoms with Crippen LogP contribution in [0.25, 0.3) is 6.08 Å². The van der Waals surface area contributed by atoms with Gasteiger partial charge in [-0.15, -0.1) is 0 Å². The van der Waals surface area contributed by atoms with Crippen LogP contribution in [0.2, 0.25) is 0 Å². The third kappa shape index (κ3) is 6.54. The molecule has 10 heteroatoms. The zero-order valence-electron chi connectivity index (χ0n) is 15.4. The number of carboxylic acids is 1. The number of nitrogens with one attached hydrogen (secondary N) is 1. The molecule has 0 aliphatic rings. The molecule has 3 N–H and O–H groups in total. The zero-order valence-corrected chi connectivity index (χ0v) is 15.4. The second kappa shape index (κ2) is 10.3. The van der Waals surface area contributed by atoms with Gasteiger partial charge in [0.15, 0.2) is 11.5 Å². The fourth-order valence-corrected chi connectivity index (χ4v) is 2.30. The number of para-hydroxylation sites is 1. The van der Waals surface area contributed by atoms with Crippen LogP contribution in [-0.4, -0.2) is 47.6 Å². The highest BCUT2D eigenvalue weighted by Crippen LogP contribution is 2.28. The first kappa shape index (κ1) is 21.2. The summed E-state index contributed by atoms with van der Waals surface area (Å²) in [4.78, 5) is 37.8. The van der Waals surface area contributed by atoms with Crippen molar-refractivity contribution in [1.82, 2.24) is 0 Å². The molecule has 0 aliphatic heterocycles. The van der Waals surface area contributed by atoms with Crippen LogP contribution >= 0.6 is 0 Å². The summed E-state index contributed by atoms with van der Waals surface area (Å²) in [7, 11) is 1.44. The molecule has 0 atom stereocenters. The number of carbonyl (C=O) groups excluding carboxylic acids is 1. The maximum Gasteiger partial charge on any atom is 0.475 e. The molecule has 0 saturated heterocycles. The van der Waals surface area contributed by atoms with E-state index >= 15 is 0 Å². The Labute approximate surface area is 165 Å². The van der Waals surface area contributed by atoms with E-state index in [4.69, 9.17) is 19.8 Å². The van der Waals surface area contributed by atoms with Crippen molar-refractivity contribution in [3.63, 3.8) is 0 Å². The average molecular weight is 403 g/mol. The molecule has 29 heavy (non-hydrogen) atoms. The van der Waals surface area contributed by atoms with Gasteiger partial charge in [-0.2, -0.15) is 4.84 Å². The third-order valence-corrected chi connectivity index (χ3v) is 3.57. The van der Waals surface area contributed by atoms with Gasteiger partial charge < -0.3 is 19.9 Å². The fourth-order valence-electron chi connectivity index (χ4n) is 2.30. The van der Waals surface area contributed by atoms with Gasteiger partial charge in [0.2, 0.25) is 12.5 Å². The molecule has 0 aromatic heterocycles. The van der Waals surface area contributed by atoms with Crippen LogP contribution < -0.4 is 14.8 Å². The molecule has 1 amide bonds. The highest BCUT2D eigenvalue weighted by Gasteiger charge is 2.11. The Morgan fingerprint density at radius 3 is 2.59 bits per heavy atom. The number of methoxy groups -OCH3 is 1. The number of anilines is 1. The van der Waals surface area contributed by atoms with Crippen LogP contribution in [0, 0.1) is 4.91 Å². The summed E-state index contributed by atoms with van der Waals surface area (Å²) in [6, 6.07) is 11.0. The molecule has 2 rings (SSSR count). The molecule has 0 aliphatic carbocycles. The highest BCUT2D eigenvalue weighted by atomic mass is 17.0. The lowest BCUT2D eigenvalue weighted by atomic mass is 10.1. The zero-order chi connectivity index (χ0) is 21.2. The number of aromatic carboxylic acids is 1. The average Bonchev–Trinajstić information content (AvgIpc) is 2.70. The largest absolute Gasteiger partial charge is 0.493 e. The highest BCUT2D eigenvalue weighted by molar-refractivity contribution is 6.06. The van der Waals surface area contributed by atoms with E-state index in [0.29, 0.717) is 17.1 Å². The van der Waals surface area contributed by atoms with E-state index in [2.05, 4.69) is 10.2 Å². The van der Waals surface area contributed by atoms with Crippen molar-refractivity contribution in [2.24, 2.45) is 0 Å². The Kier molecular flexibility index (Phi) is 7.54. The standard InChI is InChI=1S/C19H18N2O8/c1-27-17-12-13(6-8-16(17)28-10-11-29-21(25)26)7-9-18(22)20-15-5-3-2-4-14(15)19(23)24/h2-9,12H,10-11H2,1H3,(H2-,20,22,23,24,25,26)/p+1/b9-7+. The quantitative estimate of drug-likeness (QED) is 0.313. The lowest BCUT2D eigenvalue weighted by Gasteiger charge is -2.10. The van der Waals surface area contributed by atoms with E-state index in [-0.39, 0.29) is 24.5 Å². The molecule has 2 aromatic rings. The summed E-state index contributed by atoms with van der Waals surface area (Å²) in [5, 5.41) is 19.3. The summed E-state index contributed by atoms with van der Waals surface area (Å²) < 4.78 is 10.6. The first-order chi connectivity index (χ1) is 13.9. The van der Waals surface area contributed by atoms with Gasteiger partial charge in [0.25, 0.3) is 0 Å². The normalized spacial score (nSPS) is 10.4. The molecule has 0 radical (unpaired) electrons. The lowest BCUT2D eigenvalue weighted by Crippen LogP contribution is -2.12. The minimum atomic E-state index is -1.14. The number of hydrogen-bond acceptors (Lipinski definition) is 6. The van der Waals surface area contributed by atoms with Gasteiger partial charge in [-0.1, -0.05) is 18.2 Å². The Hall–Kier alpha value is -4.08. The summed E-state index contributed by atoms with van der Waals surface area (Å²) in [5.41, 5.74) is 0.814. The Morgan fingerprint density at radius 1 is 1.14 bits per heavy atom. The summed E-state index contributed by atoms with van der Waals surface area (Å²) in [6.07, 6.45) is 2.78. The summed E-state index contributed by atoms with van der Waals surface area (Å²) >= 11 is 0. The monoisotopic (exact) mass is 403 g/mol. The topological polar surface area (TPSA) is 134 Å². The van der Waals surface area contributed by atoms with Crippen molar-refractivity contribution >= 4 is 23.6 Å². The predicted molar refractivity (Wildman–Crippen MR) is 101 cm³/mol. The van der Waals surface area contributed by atoms with Gasteiger partial charge in [-0.3, -0.25) is 4.79 Å². The minimum absolute atomic E-state index is 0.00373. The second-order valence-corrected chi connectivity index (χ2v) is 5.50. The molecular weight excluding hydrogens is 384 g/mol. The number of carboxylic acid groups (broad SMARTS) is 1. The molecule has 152 valence electrons. The molecule has 0 unspecified atom stereocenters. The van der Waals surface area contributed by atoms with Crippen molar-refractivity contribution in [1.29, 1.82) is 0 Å². The smallest absolute Gasteiger partial charge is 0.475 e. The molecule has 0 heterocycles. The van der Waals surface area contributed by atoms with Crippen molar-refractivity contribution in [3.05, 3.63) is 64.6 Å². The first-order valence-corrected chi connectivity index (χ1v) is 8.32. The van der Waals surface area contributed by atoms with E-state index in [9.17, 15) is 14.5 Å². The SMILES string of the molecule is COc1cc(/C=C/C(=O)Nc2ccccc2C(=O)O)ccc1OCCO[N+](=O)O. The third-order valence-electron chi connectivity index (χ3n) is 3.57. The van der Waals surface area contributed by atoms with Crippen LogP contribution in [0.5, 0.6) is 11.5 Å². The molecule has 10 nitrogen and oxygen atoms in total. The number of nitrogens with zero attached hydrogens (tertiary/aromatic N) is 1. The Balaban J connectivity index is 2.02. The van der Waals surface area contributed by atoms with Gasteiger partial charge in [0.1, 0.15) is 11.5 Å². The van der Waals surface area contributed by atoms with E-state index in [1.807, 2.05) is 0 Å². The van der Waals surface area contributed by atoms with Crippen LogP contribution in [0.1, 0.15) is 15.9 Å². The maximum atomic E-state index is 12.1. The predicted octanol–water partition coefficient (Wildman–Crippen LogP) is 2.52. The maximum absolute atomic E-state index is 12.1. The van der Waals surface area contributed by atoms with Gasteiger partial charge in [-0.25, -0.2) is 10.0 Å². The number of rotatable bonds is 10. The fraction of sp³-hybridized carbons (Fsp3) is 0.158. The van der Waals surface area contributed by atoms with Crippen LogP contribution in [0.3, 0.4) is 0 Å². The molecule has 0 spiro atoms. The van der Waals surface area contributed by atoms with E-state index in [0.717, 1.165) is 0 Å². The number of amides is 1. The molecule has 0 fully saturated rings. The number of hydrogen-bond donors (Lipinski definition) is 3. The Morgan fingerprint density at radius 2 is 1.90 bits per heavy atom. The van der Waals surface area contributed by atoms with Crippen LogP contribution in [-0.2, 0) is 9.63 Å². The van der Waals surface area contributed by atoms with Crippen LogP contribution in [0.4, 0.5) is 5.69 Å². The van der Waals surface area contributed by atoms with E-state index < -0.39 is 17.0 Å². The minimum Gasteiger partial charge on any atom is -0.493 e. The number of carbonyl (C=O) groups is 2. The molecule has 0 saturated carbocycles. The van der Waals surface area contributed by atoms with Crippen LogP contribution in [0.15, 0.2) is 48.5 Å². The van der Waals surface area contributed by atoms with Gasteiger partial charge in [0.05, 0.1) is 18.4 Å². The van der Waals surface area contributed by atoms with Crippen molar-refractivity contribution < 1.29 is 39.3 Å².